The van der Waals surface area contributed by atoms with Gasteiger partial charge in [0.25, 0.3) is 0 Å². The van der Waals surface area contributed by atoms with Crippen LogP contribution in [0, 0.1) is 3.57 Å². The van der Waals surface area contributed by atoms with E-state index in [1.807, 2.05) is 7.05 Å². The second-order valence-corrected chi connectivity index (χ2v) is 6.80. The van der Waals surface area contributed by atoms with Crippen LogP contribution in [0.4, 0.5) is 0 Å². The fourth-order valence-corrected chi connectivity index (χ4v) is 3.00. The van der Waals surface area contributed by atoms with Gasteiger partial charge in [0.05, 0.1) is 0 Å². The summed E-state index contributed by atoms with van der Waals surface area (Å²) in [5, 5.41) is 3.30. The van der Waals surface area contributed by atoms with E-state index in [4.69, 9.17) is 0 Å². The van der Waals surface area contributed by atoms with Crippen LogP contribution >= 0.6 is 38.5 Å². The topological polar surface area (TPSA) is 12.0 Å². The Morgan fingerprint density at radius 3 is 2.53 bits per heavy atom. The van der Waals surface area contributed by atoms with Gasteiger partial charge in [0.2, 0.25) is 0 Å². The number of halogens is 2. The van der Waals surface area contributed by atoms with Crippen LogP contribution in [0.1, 0.15) is 17.0 Å². The van der Waals surface area contributed by atoms with Crippen molar-refractivity contribution >= 4 is 38.5 Å². The van der Waals surface area contributed by atoms with Crippen LogP contribution in [0.15, 0.2) is 53.0 Å². The molecular weight excluding hydrogens is 413 g/mol. The van der Waals surface area contributed by atoms with Crippen molar-refractivity contribution in [3.63, 3.8) is 0 Å². The van der Waals surface area contributed by atoms with Gasteiger partial charge in [0.15, 0.2) is 0 Å². The number of nitrogens with one attached hydrogen (secondary N) is 1. The van der Waals surface area contributed by atoms with Crippen molar-refractivity contribution in [2.24, 2.45) is 0 Å². The van der Waals surface area contributed by atoms with Crippen LogP contribution in [0.5, 0.6) is 0 Å². The van der Waals surface area contributed by atoms with E-state index in [2.05, 4.69) is 92.4 Å². The summed E-state index contributed by atoms with van der Waals surface area (Å²) in [6, 6.07) is 17.4. The van der Waals surface area contributed by atoms with Crippen LogP contribution < -0.4 is 5.32 Å². The van der Waals surface area contributed by atoms with Crippen LogP contribution in [-0.4, -0.2) is 13.6 Å². The Hall–Kier alpha value is -0.390. The highest BCUT2D eigenvalue weighted by molar-refractivity contribution is 14.1. The van der Waals surface area contributed by atoms with Gasteiger partial charge < -0.3 is 5.32 Å². The van der Waals surface area contributed by atoms with Crippen molar-refractivity contribution in [3.05, 3.63) is 67.7 Å². The maximum absolute atomic E-state index is 3.56. The zero-order valence-electron chi connectivity index (χ0n) is 10.9. The largest absolute Gasteiger partial charge is 0.319 e. The normalized spacial score (nSPS) is 12.4. The fourth-order valence-electron chi connectivity index (χ4n) is 2.22. The Bertz CT molecular complexity index is 525. The van der Waals surface area contributed by atoms with Gasteiger partial charge in [-0.15, -0.1) is 0 Å². The zero-order chi connectivity index (χ0) is 13.7. The quantitative estimate of drug-likeness (QED) is 0.685. The number of likely N-dealkylation sites (N-methyl/N-ethyl adjacent to an activating group) is 1. The van der Waals surface area contributed by atoms with Crippen LogP contribution in [0.3, 0.4) is 0 Å². The summed E-state index contributed by atoms with van der Waals surface area (Å²) in [5.41, 5.74) is 2.77. The van der Waals surface area contributed by atoms with Gasteiger partial charge in [-0.25, -0.2) is 0 Å². The summed E-state index contributed by atoms with van der Waals surface area (Å²) in [4.78, 5) is 0. The first-order chi connectivity index (χ1) is 9.19. The molecule has 0 saturated heterocycles. The highest BCUT2D eigenvalue weighted by Gasteiger charge is 2.12. The van der Waals surface area contributed by atoms with Crippen molar-refractivity contribution in [2.45, 2.75) is 12.3 Å². The summed E-state index contributed by atoms with van der Waals surface area (Å²) in [5.74, 6) is 0.502. The van der Waals surface area contributed by atoms with Gasteiger partial charge >= 0.3 is 0 Å². The first-order valence-corrected chi connectivity index (χ1v) is 8.20. The van der Waals surface area contributed by atoms with Gasteiger partial charge in [-0.1, -0.05) is 40.2 Å². The minimum atomic E-state index is 0.502. The van der Waals surface area contributed by atoms with E-state index < -0.39 is 0 Å². The molecule has 1 N–H and O–H groups in total. The van der Waals surface area contributed by atoms with Gasteiger partial charge in [-0.05, 0) is 71.5 Å². The maximum atomic E-state index is 3.56. The first-order valence-electron chi connectivity index (χ1n) is 6.33. The number of rotatable bonds is 5. The lowest BCUT2D eigenvalue weighted by Crippen LogP contribution is -2.19. The second-order valence-electron chi connectivity index (χ2n) is 4.64. The Labute approximate surface area is 137 Å². The lowest BCUT2D eigenvalue weighted by Gasteiger charge is -2.17. The Morgan fingerprint density at radius 1 is 1.16 bits per heavy atom. The zero-order valence-corrected chi connectivity index (χ0v) is 14.6. The van der Waals surface area contributed by atoms with Gasteiger partial charge in [-0.3, -0.25) is 0 Å². The number of hydrogen-bond donors (Lipinski definition) is 1. The lowest BCUT2D eigenvalue weighted by molar-refractivity contribution is 0.625. The number of hydrogen-bond acceptors (Lipinski definition) is 1. The molecule has 0 radical (unpaired) electrons. The number of benzene rings is 2. The van der Waals surface area contributed by atoms with E-state index in [1.165, 1.54) is 14.7 Å². The third-order valence-corrected chi connectivity index (χ3v) is 4.38. The van der Waals surface area contributed by atoms with Crippen LogP contribution in [0.25, 0.3) is 0 Å². The SMILES string of the molecule is CNCC(Cc1ccc(I)cc1)c1cccc(Br)c1. The summed E-state index contributed by atoms with van der Waals surface area (Å²) >= 11 is 5.90. The Kier molecular flexibility index (Phi) is 5.85. The highest BCUT2D eigenvalue weighted by atomic mass is 127. The third kappa shape index (κ3) is 4.58. The fraction of sp³-hybridized carbons (Fsp3) is 0.250. The molecular formula is C16H17BrIN. The average molecular weight is 430 g/mol. The maximum Gasteiger partial charge on any atom is 0.0178 e. The molecule has 0 aliphatic rings. The molecule has 0 bridgehead atoms. The molecule has 1 atom stereocenters. The molecule has 100 valence electrons. The summed E-state index contributed by atoms with van der Waals surface area (Å²) in [6.07, 6.45) is 1.06. The summed E-state index contributed by atoms with van der Waals surface area (Å²) in [6.45, 7) is 0.989. The third-order valence-electron chi connectivity index (χ3n) is 3.17. The van der Waals surface area contributed by atoms with Crippen LogP contribution in [-0.2, 0) is 6.42 Å². The predicted molar refractivity (Wildman–Crippen MR) is 93.7 cm³/mol. The molecule has 3 heteroatoms. The first kappa shape index (κ1) is 15.0. The standard InChI is InChI=1S/C16H17BrIN/c1-19-11-14(13-3-2-4-15(17)10-13)9-12-5-7-16(18)8-6-12/h2-8,10,14,19H,9,11H2,1H3. The smallest absolute Gasteiger partial charge is 0.0178 e. The molecule has 0 heterocycles. The van der Waals surface area contributed by atoms with Gasteiger partial charge in [0, 0.05) is 20.5 Å². The second kappa shape index (κ2) is 7.41. The molecule has 19 heavy (non-hydrogen) atoms. The van der Waals surface area contributed by atoms with Crippen molar-refractivity contribution in [2.75, 3.05) is 13.6 Å². The molecule has 0 aliphatic heterocycles. The van der Waals surface area contributed by atoms with Crippen molar-refractivity contribution in [3.8, 4) is 0 Å². The van der Waals surface area contributed by atoms with Crippen LogP contribution in [0.2, 0.25) is 0 Å². The molecule has 1 nitrogen and oxygen atoms in total. The van der Waals surface area contributed by atoms with E-state index in [1.54, 1.807) is 0 Å². The predicted octanol–water partition coefficient (Wildman–Crippen LogP) is 4.60. The molecule has 0 aliphatic carbocycles. The molecule has 0 amide bonds. The summed E-state index contributed by atoms with van der Waals surface area (Å²) in [7, 11) is 2.01. The molecule has 0 fully saturated rings. The molecule has 2 aromatic rings. The van der Waals surface area contributed by atoms with Crippen molar-refractivity contribution in [1.82, 2.24) is 5.32 Å². The van der Waals surface area contributed by atoms with Gasteiger partial charge in [-0.2, -0.15) is 0 Å². The minimum Gasteiger partial charge on any atom is -0.319 e. The molecule has 2 rings (SSSR count). The monoisotopic (exact) mass is 429 g/mol. The summed E-state index contributed by atoms with van der Waals surface area (Å²) < 4.78 is 2.43. The van der Waals surface area contributed by atoms with E-state index in [0.717, 1.165) is 17.4 Å². The highest BCUT2D eigenvalue weighted by Crippen LogP contribution is 2.23. The van der Waals surface area contributed by atoms with E-state index >= 15 is 0 Å². The molecule has 0 spiro atoms. The van der Waals surface area contributed by atoms with E-state index in [9.17, 15) is 0 Å². The Balaban J connectivity index is 2.18. The minimum absolute atomic E-state index is 0.502. The average Bonchev–Trinajstić information content (AvgIpc) is 2.41. The van der Waals surface area contributed by atoms with Gasteiger partial charge in [0.1, 0.15) is 0 Å². The molecule has 0 aromatic heterocycles. The molecule has 1 unspecified atom stereocenters. The van der Waals surface area contributed by atoms with E-state index in [0.29, 0.717) is 5.92 Å². The molecule has 2 aromatic carbocycles. The van der Waals surface area contributed by atoms with Crippen molar-refractivity contribution < 1.29 is 0 Å². The Morgan fingerprint density at radius 2 is 1.89 bits per heavy atom. The molecule has 0 saturated carbocycles. The van der Waals surface area contributed by atoms with Crippen molar-refractivity contribution in [1.29, 1.82) is 0 Å². The lowest BCUT2D eigenvalue weighted by atomic mass is 9.92. The van der Waals surface area contributed by atoms with E-state index in [-0.39, 0.29) is 0 Å².